The number of sulfonamides is 1. The fourth-order valence-electron chi connectivity index (χ4n) is 1.83. The van der Waals surface area contributed by atoms with E-state index in [1.807, 2.05) is 30.3 Å². The molecule has 0 bridgehead atoms. The van der Waals surface area contributed by atoms with Crippen molar-refractivity contribution in [3.8, 4) is 0 Å². The minimum Gasteiger partial charge on any atom is -0.332 e. The van der Waals surface area contributed by atoms with E-state index in [-0.39, 0.29) is 24.0 Å². The van der Waals surface area contributed by atoms with Crippen LogP contribution in [0.25, 0.3) is 0 Å². The van der Waals surface area contributed by atoms with Gasteiger partial charge in [-0.25, -0.2) is 13.4 Å². The molecule has 1 aromatic heterocycles. The highest BCUT2D eigenvalue weighted by molar-refractivity contribution is 7.89. The smallest absolute Gasteiger partial charge is 0.260 e. The van der Waals surface area contributed by atoms with Crippen molar-refractivity contribution in [1.29, 1.82) is 0 Å². The Balaban J connectivity index is 2.28. The fraction of sp³-hybridized carbons (Fsp3) is 0.308. The maximum atomic E-state index is 12.5. The van der Waals surface area contributed by atoms with E-state index in [0.29, 0.717) is 5.82 Å². The van der Waals surface area contributed by atoms with Gasteiger partial charge >= 0.3 is 0 Å². The predicted molar refractivity (Wildman–Crippen MR) is 78.1 cm³/mol. The molecule has 2 rings (SSSR count). The second-order valence-electron chi connectivity index (χ2n) is 4.35. The fourth-order valence-corrected chi connectivity index (χ4v) is 3.53. The second kappa shape index (κ2) is 6.39. The molecule has 0 amide bonds. The summed E-state index contributed by atoms with van der Waals surface area (Å²) < 4.78 is 26.4. The first-order valence-corrected chi connectivity index (χ1v) is 8.13. The SMILES string of the molecule is Cc1ncc(S(=O)(=O)N(CCCl)Cc2ccccc2)[nH]1. The highest BCUT2D eigenvalue weighted by Gasteiger charge is 2.25. The van der Waals surface area contributed by atoms with Crippen molar-refractivity contribution in [2.24, 2.45) is 0 Å². The number of imidazole rings is 1. The Morgan fingerprint density at radius 3 is 2.55 bits per heavy atom. The van der Waals surface area contributed by atoms with Crippen LogP contribution >= 0.6 is 11.6 Å². The Hall–Kier alpha value is -1.37. The van der Waals surface area contributed by atoms with Crippen LogP contribution in [0.15, 0.2) is 41.6 Å². The summed E-state index contributed by atoms with van der Waals surface area (Å²) in [5, 5.41) is 0.0936. The molecule has 0 saturated heterocycles. The highest BCUT2D eigenvalue weighted by atomic mass is 35.5. The number of rotatable bonds is 6. The van der Waals surface area contributed by atoms with Gasteiger partial charge in [0.2, 0.25) is 0 Å². The van der Waals surface area contributed by atoms with Gasteiger partial charge in [0.05, 0.1) is 6.20 Å². The quantitative estimate of drug-likeness (QED) is 0.831. The van der Waals surface area contributed by atoms with Crippen molar-refractivity contribution in [3.05, 3.63) is 47.9 Å². The van der Waals surface area contributed by atoms with Crippen molar-refractivity contribution >= 4 is 21.6 Å². The second-order valence-corrected chi connectivity index (χ2v) is 6.63. The molecule has 108 valence electrons. The van der Waals surface area contributed by atoms with Gasteiger partial charge in [0.1, 0.15) is 5.82 Å². The number of hydrogen-bond donors (Lipinski definition) is 1. The minimum absolute atomic E-state index is 0.0936. The molecule has 7 heteroatoms. The van der Waals surface area contributed by atoms with E-state index < -0.39 is 10.0 Å². The lowest BCUT2D eigenvalue weighted by molar-refractivity contribution is 0.423. The van der Waals surface area contributed by atoms with E-state index >= 15 is 0 Å². The third-order valence-corrected chi connectivity index (χ3v) is 4.76. The lowest BCUT2D eigenvalue weighted by atomic mass is 10.2. The summed E-state index contributed by atoms with van der Waals surface area (Å²) >= 11 is 5.73. The first kappa shape index (κ1) is 15.0. The van der Waals surface area contributed by atoms with Gasteiger partial charge in [-0.2, -0.15) is 4.31 Å². The minimum atomic E-state index is -3.61. The summed E-state index contributed by atoms with van der Waals surface area (Å²) in [4.78, 5) is 6.70. The molecule has 5 nitrogen and oxygen atoms in total. The van der Waals surface area contributed by atoms with Gasteiger partial charge < -0.3 is 4.98 Å². The monoisotopic (exact) mass is 313 g/mol. The zero-order valence-electron chi connectivity index (χ0n) is 11.1. The van der Waals surface area contributed by atoms with E-state index in [9.17, 15) is 8.42 Å². The maximum absolute atomic E-state index is 12.5. The average molecular weight is 314 g/mol. The molecule has 1 aromatic carbocycles. The molecule has 0 aliphatic heterocycles. The van der Waals surface area contributed by atoms with E-state index in [1.165, 1.54) is 10.5 Å². The molecule has 0 aliphatic rings. The number of aromatic nitrogens is 2. The third-order valence-electron chi connectivity index (χ3n) is 2.83. The summed E-state index contributed by atoms with van der Waals surface area (Å²) in [5.74, 6) is 0.799. The standard InChI is InChI=1S/C13H16ClN3O2S/c1-11-15-9-13(16-11)20(18,19)17(8-7-14)10-12-5-3-2-4-6-12/h2-6,9H,7-8,10H2,1H3,(H,15,16). The maximum Gasteiger partial charge on any atom is 0.260 e. The van der Waals surface area contributed by atoms with Crippen LogP contribution < -0.4 is 0 Å². The summed E-state index contributed by atoms with van der Waals surface area (Å²) in [6.45, 7) is 2.24. The zero-order valence-corrected chi connectivity index (χ0v) is 12.7. The number of nitrogens with one attached hydrogen (secondary N) is 1. The molecule has 0 unspecified atom stereocenters. The van der Waals surface area contributed by atoms with E-state index in [2.05, 4.69) is 9.97 Å². The van der Waals surface area contributed by atoms with Crippen molar-refractivity contribution in [2.75, 3.05) is 12.4 Å². The van der Waals surface area contributed by atoms with Gasteiger partial charge in [-0.1, -0.05) is 30.3 Å². The lowest BCUT2D eigenvalue weighted by Crippen LogP contribution is -2.32. The first-order chi connectivity index (χ1) is 9.54. The van der Waals surface area contributed by atoms with Crippen LogP contribution in [0.2, 0.25) is 0 Å². The molecule has 20 heavy (non-hydrogen) atoms. The van der Waals surface area contributed by atoms with Crippen LogP contribution in [0.4, 0.5) is 0 Å². The van der Waals surface area contributed by atoms with Gasteiger partial charge in [-0.05, 0) is 12.5 Å². The van der Waals surface area contributed by atoms with Crippen LogP contribution in [-0.2, 0) is 16.6 Å². The van der Waals surface area contributed by atoms with Crippen LogP contribution in [-0.4, -0.2) is 35.1 Å². The van der Waals surface area contributed by atoms with Crippen molar-refractivity contribution in [3.63, 3.8) is 0 Å². The van der Waals surface area contributed by atoms with Crippen molar-refractivity contribution in [1.82, 2.24) is 14.3 Å². The normalized spacial score (nSPS) is 11.9. The number of aromatic amines is 1. The summed E-state index contributed by atoms with van der Waals surface area (Å²) in [7, 11) is -3.61. The van der Waals surface area contributed by atoms with Crippen LogP contribution in [0.1, 0.15) is 11.4 Å². The molecule has 0 atom stereocenters. The van der Waals surface area contributed by atoms with Gasteiger partial charge in [-0.15, -0.1) is 11.6 Å². The topological polar surface area (TPSA) is 66.1 Å². The predicted octanol–water partition coefficient (Wildman–Crippen LogP) is 2.15. The lowest BCUT2D eigenvalue weighted by Gasteiger charge is -2.20. The number of alkyl halides is 1. The molecule has 1 N–H and O–H groups in total. The first-order valence-electron chi connectivity index (χ1n) is 6.15. The Labute approximate surface area is 123 Å². The molecule has 1 heterocycles. The molecule has 0 fully saturated rings. The van der Waals surface area contributed by atoms with Crippen molar-refractivity contribution in [2.45, 2.75) is 18.5 Å². The number of halogens is 1. The molecule has 2 aromatic rings. The zero-order chi connectivity index (χ0) is 14.6. The number of aryl methyl sites for hydroxylation is 1. The Bertz CT molecular complexity index is 655. The van der Waals surface area contributed by atoms with E-state index in [4.69, 9.17) is 11.6 Å². The molecular formula is C13H16ClN3O2S. The van der Waals surface area contributed by atoms with Gasteiger partial charge in [0.25, 0.3) is 10.0 Å². The Kier molecular flexibility index (Phi) is 4.80. The van der Waals surface area contributed by atoms with Gasteiger partial charge in [0.15, 0.2) is 5.03 Å². The Morgan fingerprint density at radius 1 is 1.30 bits per heavy atom. The van der Waals surface area contributed by atoms with Crippen LogP contribution in [0, 0.1) is 6.92 Å². The Morgan fingerprint density at radius 2 is 2.00 bits per heavy atom. The van der Waals surface area contributed by atoms with Crippen molar-refractivity contribution < 1.29 is 8.42 Å². The number of nitrogens with zero attached hydrogens (tertiary/aromatic N) is 2. The van der Waals surface area contributed by atoms with E-state index in [1.54, 1.807) is 6.92 Å². The highest BCUT2D eigenvalue weighted by Crippen LogP contribution is 2.16. The third kappa shape index (κ3) is 3.39. The largest absolute Gasteiger partial charge is 0.332 e. The van der Waals surface area contributed by atoms with Crippen LogP contribution in [0.5, 0.6) is 0 Å². The van der Waals surface area contributed by atoms with E-state index in [0.717, 1.165) is 5.56 Å². The molecule has 0 saturated carbocycles. The molecule has 0 radical (unpaired) electrons. The summed E-state index contributed by atoms with van der Waals surface area (Å²) in [5.41, 5.74) is 0.914. The number of benzene rings is 1. The van der Waals surface area contributed by atoms with Crippen LogP contribution in [0.3, 0.4) is 0 Å². The molecule has 0 spiro atoms. The number of H-pyrrole nitrogens is 1. The van der Waals surface area contributed by atoms with Gasteiger partial charge in [0, 0.05) is 19.0 Å². The summed E-state index contributed by atoms with van der Waals surface area (Å²) in [6, 6.07) is 9.41. The summed E-state index contributed by atoms with van der Waals surface area (Å²) in [6.07, 6.45) is 1.33. The molecular weight excluding hydrogens is 298 g/mol. The van der Waals surface area contributed by atoms with Gasteiger partial charge in [-0.3, -0.25) is 0 Å². The average Bonchev–Trinajstić information content (AvgIpc) is 2.87. The number of hydrogen-bond acceptors (Lipinski definition) is 3. The molecule has 0 aliphatic carbocycles.